The normalized spacial score (nSPS) is 12.0. The maximum Gasteiger partial charge on any atom is 0.319 e. The lowest BCUT2D eigenvalue weighted by Crippen LogP contribution is -2.33. The molecule has 0 saturated carbocycles. The average Bonchev–Trinajstić information content (AvgIpc) is 3.28. The van der Waals surface area contributed by atoms with Crippen molar-refractivity contribution in [1.82, 2.24) is 34.8 Å². The summed E-state index contributed by atoms with van der Waals surface area (Å²) >= 11 is 0. The Kier molecular flexibility index (Phi) is 5.20. The van der Waals surface area contributed by atoms with Crippen LogP contribution in [0.1, 0.15) is 32.1 Å². The van der Waals surface area contributed by atoms with Crippen LogP contribution < -0.4 is 10.6 Å². The first kappa shape index (κ1) is 17.5. The average molecular weight is 358 g/mol. The van der Waals surface area contributed by atoms with E-state index in [0.29, 0.717) is 18.1 Å². The van der Waals surface area contributed by atoms with Gasteiger partial charge in [-0.25, -0.2) is 18.9 Å². The summed E-state index contributed by atoms with van der Waals surface area (Å²) in [5, 5.41) is 16.8. The van der Waals surface area contributed by atoms with Gasteiger partial charge in [0.05, 0.1) is 17.4 Å². The summed E-state index contributed by atoms with van der Waals surface area (Å²) in [7, 11) is 0. The van der Waals surface area contributed by atoms with E-state index in [2.05, 4.69) is 30.9 Å². The van der Waals surface area contributed by atoms with Gasteiger partial charge in [-0.05, 0) is 31.5 Å². The molecule has 2 heterocycles. The van der Waals surface area contributed by atoms with E-state index < -0.39 is 11.8 Å². The van der Waals surface area contributed by atoms with E-state index in [1.165, 1.54) is 31.1 Å². The lowest BCUT2D eigenvalue weighted by Gasteiger charge is -2.15. The maximum atomic E-state index is 14.0. The number of halogens is 1. The minimum atomic E-state index is -0.543. The summed E-state index contributed by atoms with van der Waals surface area (Å²) in [5.41, 5.74) is 0.679. The zero-order chi connectivity index (χ0) is 18.5. The van der Waals surface area contributed by atoms with Gasteiger partial charge in [-0.2, -0.15) is 5.10 Å². The van der Waals surface area contributed by atoms with Crippen LogP contribution in [0.5, 0.6) is 0 Å². The van der Waals surface area contributed by atoms with Crippen molar-refractivity contribution in [3.63, 3.8) is 0 Å². The van der Waals surface area contributed by atoms with Gasteiger partial charge in [0.15, 0.2) is 0 Å². The van der Waals surface area contributed by atoms with Crippen molar-refractivity contribution >= 4 is 11.7 Å². The van der Waals surface area contributed by atoms with Gasteiger partial charge >= 0.3 is 6.03 Å². The summed E-state index contributed by atoms with van der Waals surface area (Å²) < 4.78 is 17.4. The van der Waals surface area contributed by atoms with Crippen molar-refractivity contribution in [1.29, 1.82) is 0 Å². The van der Waals surface area contributed by atoms with E-state index in [0.717, 1.165) is 6.42 Å². The fourth-order valence-electron chi connectivity index (χ4n) is 2.52. The predicted molar refractivity (Wildman–Crippen MR) is 92.2 cm³/mol. The minimum absolute atomic E-state index is 0.0518. The molecule has 0 bridgehead atoms. The zero-order valence-corrected chi connectivity index (χ0v) is 14.4. The Hall–Kier alpha value is -3.30. The number of anilines is 1. The van der Waals surface area contributed by atoms with Crippen LogP contribution in [0.2, 0.25) is 0 Å². The molecule has 2 amide bonds. The molecule has 3 aromatic rings. The molecule has 3 rings (SSSR count). The second-order valence-electron chi connectivity index (χ2n) is 5.69. The molecule has 136 valence electrons. The first-order chi connectivity index (χ1) is 12.6. The zero-order valence-electron chi connectivity index (χ0n) is 14.4. The SMILES string of the molecule is CCCn1ncnc1C(C)NC(=O)Nc1cc(-n2cnnc2)ccc1F. The third-order valence-electron chi connectivity index (χ3n) is 3.73. The minimum Gasteiger partial charge on any atom is -0.328 e. The van der Waals surface area contributed by atoms with Crippen LogP contribution in [0.25, 0.3) is 5.69 Å². The number of carbonyl (C=O) groups is 1. The first-order valence-electron chi connectivity index (χ1n) is 8.18. The predicted octanol–water partition coefficient (Wildman–Crippen LogP) is 2.29. The van der Waals surface area contributed by atoms with Crippen molar-refractivity contribution in [3.05, 3.63) is 48.8 Å². The van der Waals surface area contributed by atoms with Gasteiger partial charge in [0.2, 0.25) is 0 Å². The number of benzene rings is 1. The maximum absolute atomic E-state index is 14.0. The van der Waals surface area contributed by atoms with Crippen molar-refractivity contribution < 1.29 is 9.18 Å². The lowest BCUT2D eigenvalue weighted by molar-refractivity contribution is 0.248. The van der Waals surface area contributed by atoms with E-state index in [1.54, 1.807) is 22.2 Å². The number of urea groups is 1. The first-order valence-corrected chi connectivity index (χ1v) is 8.18. The molecule has 1 aromatic carbocycles. The number of hydrogen-bond acceptors (Lipinski definition) is 5. The number of hydrogen-bond donors (Lipinski definition) is 2. The quantitative estimate of drug-likeness (QED) is 0.704. The van der Waals surface area contributed by atoms with E-state index in [9.17, 15) is 9.18 Å². The van der Waals surface area contributed by atoms with Gasteiger partial charge in [-0.1, -0.05) is 6.92 Å². The highest BCUT2D eigenvalue weighted by molar-refractivity contribution is 5.89. The molecule has 2 aromatic heterocycles. The fraction of sp³-hybridized carbons (Fsp3) is 0.312. The molecule has 0 aliphatic carbocycles. The van der Waals surface area contributed by atoms with Crippen molar-refractivity contribution in [2.75, 3.05) is 5.32 Å². The molecule has 1 unspecified atom stereocenters. The molecule has 1 atom stereocenters. The van der Waals surface area contributed by atoms with Crippen LogP contribution in [0.15, 0.2) is 37.2 Å². The number of amides is 2. The fourth-order valence-corrected chi connectivity index (χ4v) is 2.52. The third kappa shape index (κ3) is 3.85. The van der Waals surface area contributed by atoms with Crippen molar-refractivity contribution in [3.8, 4) is 5.69 Å². The molecule has 9 nitrogen and oxygen atoms in total. The van der Waals surface area contributed by atoms with Gasteiger partial charge < -0.3 is 10.6 Å². The third-order valence-corrected chi connectivity index (χ3v) is 3.73. The highest BCUT2D eigenvalue weighted by Crippen LogP contribution is 2.19. The van der Waals surface area contributed by atoms with Crippen LogP contribution in [0.3, 0.4) is 0 Å². The Morgan fingerprint density at radius 1 is 1.31 bits per heavy atom. The van der Waals surface area contributed by atoms with Gasteiger partial charge in [0.25, 0.3) is 0 Å². The Bertz CT molecular complexity index is 876. The highest BCUT2D eigenvalue weighted by Gasteiger charge is 2.16. The molecule has 0 radical (unpaired) electrons. The second kappa shape index (κ2) is 7.72. The molecule has 26 heavy (non-hydrogen) atoms. The Labute approximate surface area is 149 Å². The molecule has 0 fully saturated rings. The standard InChI is InChI=1S/C16H19FN8O/c1-3-6-25-15(18-8-21-25)11(2)22-16(26)23-14-7-12(4-5-13(14)17)24-9-19-20-10-24/h4-5,7-11H,3,6H2,1-2H3,(H2,22,23,26). The smallest absolute Gasteiger partial charge is 0.319 e. The van der Waals surface area contributed by atoms with Crippen LogP contribution >= 0.6 is 0 Å². The number of nitrogens with zero attached hydrogens (tertiary/aromatic N) is 6. The van der Waals surface area contributed by atoms with Crippen LogP contribution in [-0.2, 0) is 6.54 Å². The molecule has 10 heteroatoms. The van der Waals surface area contributed by atoms with Crippen LogP contribution in [0.4, 0.5) is 14.9 Å². The summed E-state index contributed by atoms with van der Waals surface area (Å²) in [5.74, 6) is 0.0967. The number of aryl methyl sites for hydroxylation is 1. The van der Waals surface area contributed by atoms with Gasteiger partial charge in [0, 0.05) is 6.54 Å². The number of carbonyl (C=O) groups excluding carboxylic acids is 1. The molecular formula is C16H19FN8O. The Morgan fingerprint density at radius 3 is 2.81 bits per heavy atom. The van der Waals surface area contributed by atoms with E-state index in [-0.39, 0.29) is 11.7 Å². The lowest BCUT2D eigenvalue weighted by atomic mass is 10.2. The molecule has 2 N–H and O–H groups in total. The van der Waals surface area contributed by atoms with Gasteiger partial charge in [0.1, 0.15) is 30.6 Å². The van der Waals surface area contributed by atoms with Gasteiger partial charge in [-0.15, -0.1) is 10.2 Å². The van der Waals surface area contributed by atoms with E-state index >= 15 is 0 Å². The van der Waals surface area contributed by atoms with E-state index in [4.69, 9.17) is 0 Å². The Balaban J connectivity index is 1.70. The number of aromatic nitrogens is 6. The van der Waals surface area contributed by atoms with Crippen LogP contribution in [-0.4, -0.2) is 35.6 Å². The second-order valence-corrected chi connectivity index (χ2v) is 5.69. The number of nitrogens with one attached hydrogen (secondary N) is 2. The number of rotatable bonds is 6. The molecule has 0 saturated heterocycles. The van der Waals surface area contributed by atoms with Gasteiger partial charge in [-0.3, -0.25) is 4.57 Å². The summed E-state index contributed by atoms with van der Waals surface area (Å²) in [4.78, 5) is 16.4. The summed E-state index contributed by atoms with van der Waals surface area (Å²) in [6, 6.07) is 3.42. The molecular weight excluding hydrogens is 339 g/mol. The topological polar surface area (TPSA) is 103 Å². The highest BCUT2D eigenvalue weighted by atomic mass is 19.1. The molecule has 0 aliphatic heterocycles. The van der Waals surface area contributed by atoms with Crippen molar-refractivity contribution in [2.24, 2.45) is 0 Å². The monoisotopic (exact) mass is 358 g/mol. The van der Waals surface area contributed by atoms with E-state index in [1.807, 2.05) is 6.92 Å². The molecule has 0 spiro atoms. The molecule has 0 aliphatic rings. The van der Waals surface area contributed by atoms with Crippen molar-refractivity contribution in [2.45, 2.75) is 32.9 Å². The largest absolute Gasteiger partial charge is 0.328 e. The Morgan fingerprint density at radius 2 is 2.08 bits per heavy atom. The summed E-state index contributed by atoms with van der Waals surface area (Å²) in [6.45, 7) is 4.53. The van der Waals surface area contributed by atoms with Crippen LogP contribution in [0, 0.1) is 5.82 Å². The summed E-state index contributed by atoms with van der Waals surface area (Å²) in [6.07, 6.45) is 5.32.